The lowest BCUT2D eigenvalue weighted by atomic mass is 9.77. The first-order valence-electron chi connectivity index (χ1n) is 6.23. The quantitative estimate of drug-likeness (QED) is 0.775. The van der Waals surface area contributed by atoms with Crippen molar-refractivity contribution in [2.75, 3.05) is 0 Å². The first-order valence-corrected chi connectivity index (χ1v) is 6.23. The molecular formula is C14H13NO4. The molecule has 1 saturated carbocycles. The van der Waals surface area contributed by atoms with Crippen LogP contribution in [0.15, 0.2) is 24.3 Å². The van der Waals surface area contributed by atoms with Crippen LogP contribution in [0.1, 0.15) is 46.9 Å². The van der Waals surface area contributed by atoms with E-state index in [0.29, 0.717) is 24.0 Å². The third-order valence-electron chi connectivity index (χ3n) is 3.83. The number of ketones is 1. The predicted octanol–water partition coefficient (Wildman–Crippen LogP) is 1.73. The summed E-state index contributed by atoms with van der Waals surface area (Å²) in [4.78, 5) is 41.4. The van der Waals surface area contributed by atoms with Crippen LogP contribution in [0.3, 0.4) is 0 Å². The molecule has 0 bridgehead atoms. The van der Waals surface area contributed by atoms with Gasteiger partial charge in [-0.1, -0.05) is 12.1 Å². The van der Waals surface area contributed by atoms with Gasteiger partial charge >= 0.3 is 0 Å². The van der Waals surface area contributed by atoms with Crippen LogP contribution in [0.2, 0.25) is 0 Å². The zero-order chi connectivity index (χ0) is 13.6. The Morgan fingerprint density at radius 1 is 1.16 bits per heavy atom. The summed E-state index contributed by atoms with van der Waals surface area (Å²) >= 11 is 0. The summed E-state index contributed by atoms with van der Waals surface area (Å²) in [5.74, 6) is -1.13. The van der Waals surface area contributed by atoms with E-state index in [1.165, 1.54) is 6.92 Å². The highest BCUT2D eigenvalue weighted by Gasteiger charge is 2.49. The molecule has 2 aliphatic rings. The van der Waals surface area contributed by atoms with Gasteiger partial charge in [-0.25, -0.2) is 4.84 Å². The average Bonchev–Trinajstić information content (AvgIpc) is 2.58. The van der Waals surface area contributed by atoms with Crippen LogP contribution < -0.4 is 0 Å². The second kappa shape index (κ2) is 3.99. The molecule has 19 heavy (non-hydrogen) atoms. The van der Waals surface area contributed by atoms with Crippen molar-refractivity contribution in [3.8, 4) is 0 Å². The van der Waals surface area contributed by atoms with Crippen LogP contribution in [-0.2, 0) is 9.63 Å². The number of benzene rings is 1. The zero-order valence-corrected chi connectivity index (χ0v) is 10.5. The molecule has 1 fully saturated rings. The van der Waals surface area contributed by atoms with Crippen LogP contribution in [0.4, 0.5) is 0 Å². The van der Waals surface area contributed by atoms with Crippen LogP contribution >= 0.6 is 0 Å². The Balaban J connectivity index is 1.91. The molecule has 1 aromatic carbocycles. The number of hydrogen-bond donors (Lipinski definition) is 0. The van der Waals surface area contributed by atoms with E-state index in [-0.39, 0.29) is 5.78 Å². The summed E-state index contributed by atoms with van der Waals surface area (Å²) in [7, 11) is 0. The van der Waals surface area contributed by atoms with Crippen LogP contribution in [0, 0.1) is 0 Å². The van der Waals surface area contributed by atoms with Crippen molar-refractivity contribution >= 4 is 17.6 Å². The fraction of sp³-hybridized carbons (Fsp3) is 0.357. The highest BCUT2D eigenvalue weighted by molar-refractivity contribution is 6.20. The molecule has 1 aliphatic carbocycles. The van der Waals surface area contributed by atoms with Crippen LogP contribution in [0.25, 0.3) is 0 Å². The van der Waals surface area contributed by atoms with E-state index < -0.39 is 17.4 Å². The Bertz CT molecular complexity index is 554. The van der Waals surface area contributed by atoms with Gasteiger partial charge in [0, 0.05) is 0 Å². The first kappa shape index (κ1) is 12.0. The van der Waals surface area contributed by atoms with Crippen molar-refractivity contribution in [1.82, 2.24) is 5.06 Å². The van der Waals surface area contributed by atoms with Gasteiger partial charge in [0.15, 0.2) is 11.4 Å². The third-order valence-corrected chi connectivity index (χ3v) is 3.83. The second-order valence-electron chi connectivity index (χ2n) is 4.95. The van der Waals surface area contributed by atoms with E-state index in [1.807, 2.05) is 0 Å². The lowest BCUT2D eigenvalue weighted by Gasteiger charge is -2.40. The molecule has 0 saturated heterocycles. The standard InChI is InChI=1S/C14H13NO4/c1-9(16)14(7-4-8-14)19-15-12(17)10-5-2-3-6-11(10)13(15)18/h2-3,5-6H,4,7-8H2,1H3. The maximum absolute atomic E-state index is 12.1. The Kier molecular flexibility index (Phi) is 2.53. The van der Waals surface area contributed by atoms with Crippen molar-refractivity contribution in [3.05, 3.63) is 35.4 Å². The van der Waals surface area contributed by atoms with E-state index in [9.17, 15) is 14.4 Å². The lowest BCUT2D eigenvalue weighted by molar-refractivity contribution is -0.214. The summed E-state index contributed by atoms with van der Waals surface area (Å²) in [6, 6.07) is 6.55. The Morgan fingerprint density at radius 3 is 2.05 bits per heavy atom. The van der Waals surface area contributed by atoms with Gasteiger partial charge in [-0.3, -0.25) is 14.4 Å². The van der Waals surface area contributed by atoms with Gasteiger partial charge in [0.05, 0.1) is 11.1 Å². The minimum atomic E-state index is -0.993. The number of amides is 2. The summed E-state index contributed by atoms with van der Waals surface area (Å²) < 4.78 is 0. The topological polar surface area (TPSA) is 63.7 Å². The largest absolute Gasteiger partial charge is 0.297 e. The van der Waals surface area contributed by atoms with Gasteiger partial charge < -0.3 is 0 Å². The molecule has 0 N–H and O–H groups in total. The highest BCUT2D eigenvalue weighted by atomic mass is 16.7. The number of carbonyl (C=O) groups excluding carboxylic acids is 3. The third kappa shape index (κ3) is 1.62. The van der Waals surface area contributed by atoms with Gasteiger partial charge in [-0.05, 0) is 38.3 Å². The lowest BCUT2D eigenvalue weighted by Crippen LogP contribution is -2.52. The Hall–Kier alpha value is -2.01. The predicted molar refractivity (Wildman–Crippen MR) is 65.3 cm³/mol. The number of nitrogens with zero attached hydrogens (tertiary/aromatic N) is 1. The van der Waals surface area contributed by atoms with E-state index in [0.717, 1.165) is 11.5 Å². The van der Waals surface area contributed by atoms with Crippen molar-refractivity contribution in [2.24, 2.45) is 0 Å². The van der Waals surface area contributed by atoms with Crippen molar-refractivity contribution < 1.29 is 19.2 Å². The molecule has 5 nitrogen and oxygen atoms in total. The molecule has 1 aromatic rings. The van der Waals surface area contributed by atoms with E-state index in [1.54, 1.807) is 24.3 Å². The Labute approximate surface area is 110 Å². The summed E-state index contributed by atoms with van der Waals surface area (Å²) in [5, 5.41) is 0.741. The molecule has 1 aliphatic heterocycles. The molecule has 0 radical (unpaired) electrons. The number of Topliss-reactive ketones (excluding diaryl/α,β-unsaturated/α-hetero) is 1. The maximum atomic E-state index is 12.1. The second-order valence-corrected chi connectivity index (χ2v) is 4.95. The fourth-order valence-corrected chi connectivity index (χ4v) is 2.43. The van der Waals surface area contributed by atoms with Crippen molar-refractivity contribution in [2.45, 2.75) is 31.8 Å². The van der Waals surface area contributed by atoms with Gasteiger partial charge in [-0.15, -0.1) is 5.06 Å². The molecule has 98 valence electrons. The summed E-state index contributed by atoms with van der Waals surface area (Å²) in [6.07, 6.45) is 1.97. The number of hydroxylamine groups is 2. The minimum Gasteiger partial charge on any atom is -0.297 e. The number of imide groups is 1. The molecule has 3 rings (SSSR count). The molecule has 0 spiro atoms. The summed E-state index contributed by atoms with van der Waals surface area (Å²) in [6.45, 7) is 1.43. The van der Waals surface area contributed by atoms with Crippen LogP contribution in [0.5, 0.6) is 0 Å². The molecule has 0 aromatic heterocycles. The van der Waals surface area contributed by atoms with Gasteiger partial charge in [0.25, 0.3) is 11.8 Å². The molecule has 0 atom stereocenters. The number of rotatable bonds is 3. The van der Waals surface area contributed by atoms with Gasteiger partial charge in [0.1, 0.15) is 0 Å². The van der Waals surface area contributed by atoms with Gasteiger partial charge in [0.2, 0.25) is 0 Å². The normalized spacial score (nSPS) is 20.2. The van der Waals surface area contributed by atoms with Crippen molar-refractivity contribution in [1.29, 1.82) is 0 Å². The van der Waals surface area contributed by atoms with Crippen molar-refractivity contribution in [3.63, 3.8) is 0 Å². The molecule has 0 unspecified atom stereocenters. The van der Waals surface area contributed by atoms with Gasteiger partial charge in [-0.2, -0.15) is 0 Å². The molecule has 5 heteroatoms. The highest BCUT2D eigenvalue weighted by Crippen LogP contribution is 2.39. The number of hydrogen-bond acceptors (Lipinski definition) is 4. The molecule has 2 amide bonds. The Morgan fingerprint density at radius 2 is 1.68 bits per heavy atom. The van der Waals surface area contributed by atoms with Crippen LogP contribution in [-0.4, -0.2) is 28.3 Å². The molecular weight excluding hydrogens is 246 g/mol. The monoisotopic (exact) mass is 259 g/mol. The maximum Gasteiger partial charge on any atom is 0.285 e. The average molecular weight is 259 g/mol. The summed E-state index contributed by atoms with van der Waals surface area (Å²) in [5.41, 5.74) is -0.344. The number of carbonyl (C=O) groups is 3. The minimum absolute atomic E-state index is 0.143. The van der Waals surface area contributed by atoms with E-state index in [2.05, 4.69) is 0 Å². The van der Waals surface area contributed by atoms with E-state index >= 15 is 0 Å². The zero-order valence-electron chi connectivity index (χ0n) is 10.5. The SMILES string of the molecule is CC(=O)C1(ON2C(=O)c3ccccc3C2=O)CCC1. The first-order chi connectivity index (χ1) is 9.05. The number of fused-ring (bicyclic) bond motifs is 1. The van der Waals surface area contributed by atoms with E-state index in [4.69, 9.17) is 4.84 Å². The smallest absolute Gasteiger partial charge is 0.285 e. The molecule has 1 heterocycles. The fourth-order valence-electron chi connectivity index (χ4n) is 2.43.